The van der Waals surface area contributed by atoms with E-state index < -0.39 is 0 Å². The van der Waals surface area contributed by atoms with Gasteiger partial charge in [-0.3, -0.25) is 9.59 Å². The van der Waals surface area contributed by atoms with Crippen LogP contribution in [0, 0.1) is 0 Å². The van der Waals surface area contributed by atoms with E-state index in [4.69, 9.17) is 5.73 Å². The minimum atomic E-state index is -0.388. The second-order valence-electron chi connectivity index (χ2n) is 3.72. The number of ether oxygens (including phenoxy) is 1. The molecule has 1 saturated heterocycles. The number of carbonyl (C=O) groups is 2. The summed E-state index contributed by atoms with van der Waals surface area (Å²) in [5, 5.41) is 0. The summed E-state index contributed by atoms with van der Waals surface area (Å²) in [6, 6.07) is 10.3. The Morgan fingerprint density at radius 1 is 1.06 bits per heavy atom. The summed E-state index contributed by atoms with van der Waals surface area (Å²) in [5.41, 5.74) is 6.68. The molecule has 0 radical (unpaired) electrons. The lowest BCUT2D eigenvalue weighted by Gasteiger charge is -2.06. The van der Waals surface area contributed by atoms with E-state index in [0.717, 1.165) is 13.0 Å². The lowest BCUT2D eigenvalue weighted by atomic mass is 10.2. The van der Waals surface area contributed by atoms with E-state index in [-0.39, 0.29) is 18.1 Å². The van der Waals surface area contributed by atoms with Gasteiger partial charge in [-0.25, -0.2) is 0 Å². The average molecular weight is 252 g/mol. The fraction of sp³-hybridized carbons (Fsp3) is 0.385. The molecule has 0 amide bonds. The van der Waals surface area contributed by atoms with Crippen molar-refractivity contribution in [2.45, 2.75) is 25.7 Å². The predicted molar refractivity (Wildman–Crippen MR) is 69.2 cm³/mol. The molecule has 0 aromatic heterocycles. The Labute approximate surface area is 107 Å². The van der Waals surface area contributed by atoms with E-state index in [9.17, 15) is 9.59 Å². The highest BCUT2D eigenvalue weighted by molar-refractivity contribution is 5.87. The van der Waals surface area contributed by atoms with Crippen molar-refractivity contribution in [3.8, 4) is 0 Å². The second-order valence-corrected chi connectivity index (χ2v) is 3.72. The maximum absolute atomic E-state index is 10.2. The van der Waals surface area contributed by atoms with E-state index >= 15 is 0 Å². The third kappa shape index (κ3) is 6.78. The molecule has 0 atom stereocenters. The largest absolute Gasteiger partial charge is 0.393 e. The molecule has 2 rings (SSSR count). The standard InChI is InChI=1S/C8H11N.C5H6O3.H3N/c9-7-6-8-4-2-1-3-5-8;6-4-2-1-3-5(7)8-4;/h1-5H,6-7,9H2;1-3H2;1H3. The van der Waals surface area contributed by atoms with Crippen LogP contribution in [-0.4, -0.2) is 18.5 Å². The van der Waals surface area contributed by atoms with Crippen LogP contribution < -0.4 is 11.9 Å². The molecule has 0 saturated carbocycles. The molecule has 0 unspecified atom stereocenters. The molecule has 1 fully saturated rings. The zero-order valence-corrected chi connectivity index (χ0v) is 10.4. The number of rotatable bonds is 2. The summed E-state index contributed by atoms with van der Waals surface area (Å²) in [5.74, 6) is -0.775. The first-order valence-electron chi connectivity index (χ1n) is 5.70. The fourth-order valence-electron chi connectivity index (χ4n) is 1.42. The van der Waals surface area contributed by atoms with Gasteiger partial charge in [0.2, 0.25) is 0 Å². The molecule has 5 N–H and O–H groups in total. The number of hydrogen-bond acceptors (Lipinski definition) is 5. The van der Waals surface area contributed by atoms with Crippen LogP contribution in [0.2, 0.25) is 0 Å². The van der Waals surface area contributed by atoms with Crippen molar-refractivity contribution in [1.82, 2.24) is 6.15 Å². The molecule has 0 spiro atoms. The summed E-state index contributed by atoms with van der Waals surface area (Å²) in [6.45, 7) is 0.740. The summed E-state index contributed by atoms with van der Waals surface area (Å²) in [4.78, 5) is 20.5. The van der Waals surface area contributed by atoms with E-state index in [1.807, 2.05) is 18.2 Å². The van der Waals surface area contributed by atoms with Crippen molar-refractivity contribution in [2.75, 3.05) is 6.54 Å². The van der Waals surface area contributed by atoms with Crippen LogP contribution in [-0.2, 0) is 20.7 Å². The smallest absolute Gasteiger partial charge is 0.313 e. The number of esters is 2. The predicted octanol–water partition coefficient (Wildman–Crippen LogP) is 1.59. The monoisotopic (exact) mass is 252 g/mol. The Morgan fingerprint density at radius 2 is 1.61 bits per heavy atom. The molecule has 1 aromatic carbocycles. The molecule has 1 aliphatic rings. The molecule has 18 heavy (non-hydrogen) atoms. The van der Waals surface area contributed by atoms with Crippen LogP contribution in [0.5, 0.6) is 0 Å². The lowest BCUT2D eigenvalue weighted by molar-refractivity contribution is -0.163. The molecule has 1 heterocycles. The number of cyclic esters (lactones) is 2. The molecule has 100 valence electrons. The third-order valence-corrected chi connectivity index (χ3v) is 2.27. The van der Waals surface area contributed by atoms with Crippen LogP contribution >= 0.6 is 0 Å². The zero-order valence-electron chi connectivity index (χ0n) is 10.4. The van der Waals surface area contributed by atoms with Crippen molar-refractivity contribution in [1.29, 1.82) is 0 Å². The SMILES string of the molecule is N.NCCc1ccccc1.O=C1CCCC(=O)O1. The quantitative estimate of drug-likeness (QED) is 0.614. The molecular weight excluding hydrogens is 232 g/mol. The highest BCUT2D eigenvalue weighted by Crippen LogP contribution is 2.06. The van der Waals surface area contributed by atoms with E-state index in [1.54, 1.807) is 0 Å². The van der Waals surface area contributed by atoms with E-state index in [2.05, 4.69) is 16.9 Å². The van der Waals surface area contributed by atoms with Crippen LogP contribution in [0.4, 0.5) is 0 Å². The van der Waals surface area contributed by atoms with Crippen LogP contribution in [0.25, 0.3) is 0 Å². The maximum Gasteiger partial charge on any atom is 0.313 e. The van der Waals surface area contributed by atoms with Crippen LogP contribution in [0.3, 0.4) is 0 Å². The zero-order chi connectivity index (χ0) is 12.5. The number of hydrogen-bond donors (Lipinski definition) is 2. The van der Waals surface area contributed by atoms with Gasteiger partial charge in [0.25, 0.3) is 0 Å². The van der Waals surface area contributed by atoms with Crippen molar-refractivity contribution >= 4 is 11.9 Å². The minimum Gasteiger partial charge on any atom is -0.393 e. The van der Waals surface area contributed by atoms with E-state index in [0.29, 0.717) is 19.3 Å². The molecular formula is C13H20N2O3. The fourth-order valence-corrected chi connectivity index (χ4v) is 1.42. The lowest BCUT2D eigenvalue weighted by Crippen LogP contribution is -2.17. The Balaban J connectivity index is 0.000000306. The maximum atomic E-state index is 10.2. The first-order valence-corrected chi connectivity index (χ1v) is 5.70. The van der Waals surface area contributed by atoms with Crippen molar-refractivity contribution in [3.05, 3.63) is 35.9 Å². The van der Waals surface area contributed by atoms with Crippen molar-refractivity contribution < 1.29 is 14.3 Å². The Hall–Kier alpha value is -1.72. The summed E-state index contributed by atoms with van der Waals surface area (Å²) < 4.78 is 4.21. The van der Waals surface area contributed by atoms with Gasteiger partial charge in [-0.05, 0) is 24.9 Å². The Morgan fingerprint density at radius 3 is 2.00 bits per heavy atom. The Bertz CT molecular complexity index is 352. The normalized spacial score (nSPS) is 13.8. The summed E-state index contributed by atoms with van der Waals surface area (Å²) in [7, 11) is 0. The van der Waals surface area contributed by atoms with Gasteiger partial charge in [0.1, 0.15) is 0 Å². The van der Waals surface area contributed by atoms with E-state index in [1.165, 1.54) is 5.56 Å². The Kier molecular flexibility index (Phi) is 8.43. The van der Waals surface area contributed by atoms with Gasteiger partial charge in [-0.1, -0.05) is 30.3 Å². The van der Waals surface area contributed by atoms with Gasteiger partial charge in [-0.15, -0.1) is 0 Å². The van der Waals surface area contributed by atoms with Gasteiger partial charge in [0, 0.05) is 12.8 Å². The van der Waals surface area contributed by atoms with Gasteiger partial charge in [0.05, 0.1) is 0 Å². The second kappa shape index (κ2) is 9.32. The van der Waals surface area contributed by atoms with Gasteiger partial charge in [0.15, 0.2) is 0 Å². The first-order chi connectivity index (χ1) is 8.22. The number of nitrogens with two attached hydrogens (primary N) is 1. The van der Waals surface area contributed by atoms with Gasteiger partial charge < -0.3 is 16.6 Å². The molecule has 5 nitrogen and oxygen atoms in total. The molecule has 1 aromatic rings. The highest BCUT2D eigenvalue weighted by Gasteiger charge is 2.15. The van der Waals surface area contributed by atoms with Gasteiger partial charge in [-0.2, -0.15) is 0 Å². The third-order valence-electron chi connectivity index (χ3n) is 2.27. The minimum absolute atomic E-state index is 0. The molecule has 1 aliphatic heterocycles. The molecule has 5 heteroatoms. The number of benzene rings is 1. The molecule has 0 bridgehead atoms. The van der Waals surface area contributed by atoms with Crippen molar-refractivity contribution in [2.24, 2.45) is 5.73 Å². The molecule has 0 aliphatic carbocycles. The van der Waals surface area contributed by atoms with Crippen LogP contribution in [0.15, 0.2) is 30.3 Å². The average Bonchev–Trinajstić information content (AvgIpc) is 2.31. The van der Waals surface area contributed by atoms with Crippen molar-refractivity contribution in [3.63, 3.8) is 0 Å². The summed E-state index contributed by atoms with van der Waals surface area (Å²) in [6.07, 6.45) is 2.43. The topological polar surface area (TPSA) is 104 Å². The number of carbonyl (C=O) groups excluding carboxylic acids is 2. The summed E-state index contributed by atoms with van der Waals surface area (Å²) >= 11 is 0. The van der Waals surface area contributed by atoms with Crippen LogP contribution in [0.1, 0.15) is 24.8 Å². The first kappa shape index (κ1) is 16.3. The van der Waals surface area contributed by atoms with Gasteiger partial charge >= 0.3 is 11.9 Å². The highest BCUT2D eigenvalue weighted by atomic mass is 16.6.